The van der Waals surface area contributed by atoms with E-state index in [2.05, 4.69) is 44.3 Å². The van der Waals surface area contributed by atoms with Crippen molar-refractivity contribution >= 4 is 0 Å². The molecule has 1 aromatic rings. The lowest BCUT2D eigenvalue weighted by atomic mass is 9.60. The molecule has 0 aliphatic heterocycles. The fourth-order valence-corrected chi connectivity index (χ4v) is 4.17. The smallest absolute Gasteiger partial charge is 0.120 e. The van der Waals surface area contributed by atoms with Crippen molar-refractivity contribution in [2.75, 3.05) is 6.54 Å². The number of rotatable bonds is 5. The summed E-state index contributed by atoms with van der Waals surface area (Å²) in [7, 11) is 0. The van der Waals surface area contributed by atoms with Gasteiger partial charge in [-0.1, -0.05) is 25.8 Å². The van der Waals surface area contributed by atoms with Gasteiger partial charge in [0.2, 0.25) is 0 Å². The average molecular weight is 287 g/mol. The zero-order valence-electron chi connectivity index (χ0n) is 13.7. The van der Waals surface area contributed by atoms with E-state index >= 15 is 0 Å². The van der Waals surface area contributed by atoms with Crippen molar-refractivity contribution in [2.24, 2.45) is 5.41 Å². The van der Waals surface area contributed by atoms with Gasteiger partial charge in [0.1, 0.15) is 11.9 Å². The molecule has 3 rings (SSSR count). The third-order valence-corrected chi connectivity index (χ3v) is 5.72. The molecule has 0 amide bonds. The zero-order valence-corrected chi connectivity index (χ0v) is 13.7. The van der Waals surface area contributed by atoms with E-state index in [0.717, 1.165) is 12.3 Å². The Morgan fingerprint density at radius 2 is 1.95 bits per heavy atom. The molecule has 2 aliphatic rings. The second kappa shape index (κ2) is 6.00. The monoisotopic (exact) mass is 287 g/mol. The lowest BCUT2D eigenvalue weighted by Gasteiger charge is -2.54. The van der Waals surface area contributed by atoms with Crippen LogP contribution < -0.4 is 10.1 Å². The van der Waals surface area contributed by atoms with E-state index < -0.39 is 0 Å². The minimum absolute atomic E-state index is 0.411. The van der Waals surface area contributed by atoms with Crippen LogP contribution in [0, 0.1) is 19.3 Å². The molecule has 2 saturated carbocycles. The van der Waals surface area contributed by atoms with Gasteiger partial charge in [0.25, 0.3) is 0 Å². The molecule has 2 nitrogen and oxygen atoms in total. The molecule has 21 heavy (non-hydrogen) atoms. The molecule has 1 aromatic carbocycles. The molecular formula is C19H29NO. The van der Waals surface area contributed by atoms with Crippen molar-refractivity contribution in [3.8, 4) is 5.75 Å². The van der Waals surface area contributed by atoms with E-state index in [0.29, 0.717) is 17.6 Å². The SMILES string of the molecule is CCCNC1CC(Oc2ccc(C)c(C)c2)C12CCCC2. The van der Waals surface area contributed by atoms with E-state index in [1.807, 2.05) is 0 Å². The van der Waals surface area contributed by atoms with Gasteiger partial charge in [0.05, 0.1) is 0 Å². The van der Waals surface area contributed by atoms with Crippen LogP contribution in [0.4, 0.5) is 0 Å². The lowest BCUT2D eigenvalue weighted by Crippen LogP contribution is -2.63. The zero-order chi connectivity index (χ0) is 14.9. The minimum atomic E-state index is 0.411. The van der Waals surface area contributed by atoms with Crippen molar-refractivity contribution < 1.29 is 4.74 Å². The van der Waals surface area contributed by atoms with Crippen molar-refractivity contribution in [1.82, 2.24) is 5.32 Å². The van der Waals surface area contributed by atoms with Gasteiger partial charge in [-0.15, -0.1) is 0 Å². The highest BCUT2D eigenvalue weighted by Crippen LogP contribution is 2.54. The quantitative estimate of drug-likeness (QED) is 0.867. The first-order valence-electron chi connectivity index (χ1n) is 8.63. The first kappa shape index (κ1) is 14.9. The van der Waals surface area contributed by atoms with Gasteiger partial charge in [0.15, 0.2) is 0 Å². The molecular weight excluding hydrogens is 258 g/mol. The summed E-state index contributed by atoms with van der Waals surface area (Å²) < 4.78 is 6.39. The van der Waals surface area contributed by atoms with Gasteiger partial charge in [0, 0.05) is 17.9 Å². The highest BCUT2D eigenvalue weighted by Gasteiger charge is 2.57. The maximum absolute atomic E-state index is 6.39. The maximum Gasteiger partial charge on any atom is 0.120 e. The Labute approximate surface area is 129 Å². The summed E-state index contributed by atoms with van der Waals surface area (Å²) in [5, 5.41) is 3.76. The summed E-state index contributed by atoms with van der Waals surface area (Å²) in [6.07, 6.45) is 8.22. The van der Waals surface area contributed by atoms with E-state index in [1.54, 1.807) is 0 Å². The van der Waals surface area contributed by atoms with Crippen LogP contribution in [0.2, 0.25) is 0 Å². The Balaban J connectivity index is 1.69. The molecule has 2 aliphatic carbocycles. The van der Waals surface area contributed by atoms with Gasteiger partial charge in [-0.3, -0.25) is 0 Å². The Kier molecular flexibility index (Phi) is 4.26. The summed E-state index contributed by atoms with van der Waals surface area (Å²) in [5.41, 5.74) is 3.08. The molecule has 1 N–H and O–H groups in total. The highest BCUT2D eigenvalue weighted by atomic mass is 16.5. The summed E-state index contributed by atoms with van der Waals surface area (Å²) in [5.74, 6) is 1.06. The van der Waals surface area contributed by atoms with E-state index in [-0.39, 0.29) is 0 Å². The van der Waals surface area contributed by atoms with Crippen LogP contribution in [0.3, 0.4) is 0 Å². The molecule has 2 atom stereocenters. The topological polar surface area (TPSA) is 21.3 Å². The average Bonchev–Trinajstić information content (AvgIpc) is 2.98. The molecule has 0 radical (unpaired) electrons. The normalized spacial score (nSPS) is 26.8. The number of hydrogen-bond donors (Lipinski definition) is 1. The second-order valence-electron chi connectivity index (χ2n) is 7.04. The Morgan fingerprint density at radius 3 is 2.62 bits per heavy atom. The van der Waals surface area contributed by atoms with Gasteiger partial charge in [-0.2, -0.15) is 0 Å². The lowest BCUT2D eigenvalue weighted by molar-refractivity contribution is -0.0760. The summed E-state index contributed by atoms with van der Waals surface area (Å²) >= 11 is 0. The van der Waals surface area contributed by atoms with Crippen molar-refractivity contribution in [2.45, 2.75) is 71.4 Å². The number of benzene rings is 1. The Hall–Kier alpha value is -1.02. The van der Waals surface area contributed by atoms with E-state index in [4.69, 9.17) is 4.74 Å². The third-order valence-electron chi connectivity index (χ3n) is 5.72. The minimum Gasteiger partial charge on any atom is -0.490 e. The second-order valence-corrected chi connectivity index (χ2v) is 7.04. The van der Waals surface area contributed by atoms with Crippen molar-refractivity contribution in [3.63, 3.8) is 0 Å². The maximum atomic E-state index is 6.39. The van der Waals surface area contributed by atoms with Crippen molar-refractivity contribution in [3.05, 3.63) is 29.3 Å². The first-order chi connectivity index (χ1) is 10.2. The van der Waals surface area contributed by atoms with Gasteiger partial charge >= 0.3 is 0 Å². The number of ether oxygens (including phenoxy) is 1. The fourth-order valence-electron chi connectivity index (χ4n) is 4.17. The largest absolute Gasteiger partial charge is 0.490 e. The predicted molar refractivity (Wildman–Crippen MR) is 87.9 cm³/mol. The van der Waals surface area contributed by atoms with Crippen LogP contribution in [0.25, 0.3) is 0 Å². The molecule has 0 bridgehead atoms. The predicted octanol–water partition coefficient (Wildman–Crippen LogP) is 4.38. The molecule has 0 aromatic heterocycles. The van der Waals surface area contributed by atoms with Gasteiger partial charge in [-0.05, 0) is 62.9 Å². The molecule has 0 heterocycles. The summed E-state index contributed by atoms with van der Waals surface area (Å²) in [6.45, 7) is 7.71. The van der Waals surface area contributed by atoms with E-state index in [9.17, 15) is 0 Å². The number of aryl methyl sites for hydroxylation is 2. The van der Waals surface area contributed by atoms with Crippen LogP contribution >= 0.6 is 0 Å². The summed E-state index contributed by atoms with van der Waals surface area (Å²) in [6, 6.07) is 7.19. The molecule has 2 heteroatoms. The van der Waals surface area contributed by atoms with Crippen LogP contribution in [0.5, 0.6) is 5.75 Å². The Morgan fingerprint density at radius 1 is 1.19 bits per heavy atom. The Bertz CT molecular complexity index is 490. The number of nitrogens with one attached hydrogen (secondary N) is 1. The molecule has 1 spiro atoms. The first-order valence-corrected chi connectivity index (χ1v) is 8.63. The molecule has 2 fully saturated rings. The standard InChI is InChI=1S/C19H29NO/c1-4-11-20-17-13-18(19(17)9-5-6-10-19)21-16-8-7-14(2)15(3)12-16/h7-8,12,17-18,20H,4-6,9-11,13H2,1-3H3. The van der Waals surface area contributed by atoms with Crippen LogP contribution in [-0.2, 0) is 0 Å². The third kappa shape index (κ3) is 2.70. The van der Waals surface area contributed by atoms with Crippen LogP contribution in [0.1, 0.15) is 56.6 Å². The van der Waals surface area contributed by atoms with Gasteiger partial charge < -0.3 is 10.1 Å². The van der Waals surface area contributed by atoms with Crippen LogP contribution in [0.15, 0.2) is 18.2 Å². The molecule has 0 saturated heterocycles. The highest BCUT2D eigenvalue weighted by molar-refractivity contribution is 5.34. The number of hydrogen-bond acceptors (Lipinski definition) is 2. The molecule has 2 unspecified atom stereocenters. The summed E-state index contributed by atoms with van der Waals surface area (Å²) in [4.78, 5) is 0. The van der Waals surface area contributed by atoms with E-state index in [1.165, 1.54) is 49.7 Å². The van der Waals surface area contributed by atoms with Crippen LogP contribution in [-0.4, -0.2) is 18.7 Å². The molecule has 116 valence electrons. The van der Waals surface area contributed by atoms with Crippen molar-refractivity contribution in [1.29, 1.82) is 0 Å². The van der Waals surface area contributed by atoms with Gasteiger partial charge in [-0.25, -0.2) is 0 Å². The fraction of sp³-hybridized carbons (Fsp3) is 0.684.